The van der Waals surface area contributed by atoms with Gasteiger partial charge in [-0.25, -0.2) is 0 Å². The number of anilines is 1. The van der Waals surface area contributed by atoms with Gasteiger partial charge >= 0.3 is 0 Å². The minimum absolute atomic E-state index is 0.774. The third-order valence-electron chi connectivity index (χ3n) is 2.49. The van der Waals surface area contributed by atoms with Crippen LogP contribution in [0.3, 0.4) is 0 Å². The predicted molar refractivity (Wildman–Crippen MR) is 70.3 cm³/mol. The van der Waals surface area contributed by atoms with E-state index in [9.17, 15) is 0 Å². The molecule has 17 heavy (non-hydrogen) atoms. The minimum atomic E-state index is 0.774. The van der Waals surface area contributed by atoms with E-state index in [0.29, 0.717) is 0 Å². The number of hydrogen-bond donors (Lipinski definition) is 2. The van der Waals surface area contributed by atoms with Crippen LogP contribution in [0.15, 0.2) is 42.7 Å². The molecule has 0 aliphatic rings. The van der Waals surface area contributed by atoms with Crippen LogP contribution in [0, 0.1) is 0 Å². The Hall–Kier alpha value is -1.90. The molecule has 0 fully saturated rings. The zero-order valence-corrected chi connectivity index (χ0v) is 10.1. The monoisotopic (exact) mass is 230 g/mol. The Balaban J connectivity index is 1.85. The first-order valence-corrected chi connectivity index (χ1v) is 5.97. The van der Waals surface area contributed by atoms with E-state index in [4.69, 9.17) is 4.74 Å². The summed E-state index contributed by atoms with van der Waals surface area (Å²) in [6.45, 7) is 3.71. The van der Waals surface area contributed by atoms with Gasteiger partial charge in [-0.05, 0) is 42.3 Å². The molecule has 90 valence electrons. The SMILES string of the molecule is CCCOc1ccc(NCc2cc[nH]c2)cc1. The van der Waals surface area contributed by atoms with Gasteiger partial charge in [-0.2, -0.15) is 0 Å². The number of nitrogens with one attached hydrogen (secondary N) is 2. The first-order valence-electron chi connectivity index (χ1n) is 5.97. The summed E-state index contributed by atoms with van der Waals surface area (Å²) in [6.07, 6.45) is 4.96. The Kier molecular flexibility index (Phi) is 4.08. The average Bonchev–Trinajstić information content (AvgIpc) is 2.88. The van der Waals surface area contributed by atoms with Gasteiger partial charge in [0.05, 0.1) is 6.61 Å². The van der Waals surface area contributed by atoms with Gasteiger partial charge in [0.1, 0.15) is 5.75 Å². The van der Waals surface area contributed by atoms with Crippen LogP contribution in [0.5, 0.6) is 5.75 Å². The Bertz CT molecular complexity index is 420. The van der Waals surface area contributed by atoms with Crippen LogP contribution in [0.1, 0.15) is 18.9 Å². The molecule has 3 nitrogen and oxygen atoms in total. The topological polar surface area (TPSA) is 37.0 Å². The van der Waals surface area contributed by atoms with Crippen LogP contribution >= 0.6 is 0 Å². The highest BCUT2D eigenvalue weighted by Crippen LogP contribution is 2.16. The van der Waals surface area contributed by atoms with Crippen molar-refractivity contribution < 1.29 is 4.74 Å². The number of H-pyrrole nitrogens is 1. The molecule has 1 aromatic heterocycles. The fourth-order valence-electron chi connectivity index (χ4n) is 1.56. The maximum absolute atomic E-state index is 5.53. The Morgan fingerprint density at radius 2 is 2.00 bits per heavy atom. The number of aromatic nitrogens is 1. The summed E-state index contributed by atoms with van der Waals surface area (Å²) in [5.41, 5.74) is 2.35. The predicted octanol–water partition coefficient (Wildman–Crippen LogP) is 3.42. The minimum Gasteiger partial charge on any atom is -0.494 e. The molecule has 2 N–H and O–H groups in total. The molecule has 0 aliphatic carbocycles. The molecule has 0 amide bonds. The van der Waals surface area contributed by atoms with E-state index in [1.165, 1.54) is 5.56 Å². The molecule has 1 aromatic carbocycles. The lowest BCUT2D eigenvalue weighted by Gasteiger charge is -2.07. The Morgan fingerprint density at radius 3 is 2.65 bits per heavy atom. The summed E-state index contributed by atoms with van der Waals surface area (Å²) in [7, 11) is 0. The maximum Gasteiger partial charge on any atom is 0.119 e. The van der Waals surface area contributed by atoms with Crippen molar-refractivity contribution in [1.29, 1.82) is 0 Å². The van der Waals surface area contributed by atoms with Crippen molar-refractivity contribution in [2.45, 2.75) is 19.9 Å². The van der Waals surface area contributed by atoms with E-state index in [1.807, 2.05) is 36.7 Å². The van der Waals surface area contributed by atoms with E-state index in [1.54, 1.807) is 0 Å². The van der Waals surface area contributed by atoms with Crippen LogP contribution in [0.25, 0.3) is 0 Å². The second-order valence-electron chi connectivity index (χ2n) is 3.95. The van der Waals surface area contributed by atoms with Gasteiger partial charge in [-0.1, -0.05) is 6.92 Å². The number of hydrogen-bond acceptors (Lipinski definition) is 2. The molecule has 2 aromatic rings. The van der Waals surface area contributed by atoms with E-state index >= 15 is 0 Å². The molecule has 0 aliphatic heterocycles. The molecule has 0 saturated heterocycles. The van der Waals surface area contributed by atoms with Crippen molar-refractivity contribution in [1.82, 2.24) is 4.98 Å². The Morgan fingerprint density at radius 1 is 1.18 bits per heavy atom. The molecule has 1 heterocycles. The van der Waals surface area contributed by atoms with E-state index in [2.05, 4.69) is 23.3 Å². The third kappa shape index (κ3) is 3.55. The molecule has 0 spiro atoms. The van der Waals surface area contributed by atoms with Gasteiger partial charge in [-0.15, -0.1) is 0 Å². The zero-order chi connectivity index (χ0) is 11.9. The number of benzene rings is 1. The van der Waals surface area contributed by atoms with Gasteiger partial charge in [0, 0.05) is 24.6 Å². The number of rotatable bonds is 6. The third-order valence-corrected chi connectivity index (χ3v) is 2.49. The molecule has 2 rings (SSSR count). The highest BCUT2D eigenvalue weighted by atomic mass is 16.5. The largest absolute Gasteiger partial charge is 0.494 e. The lowest BCUT2D eigenvalue weighted by atomic mass is 10.3. The summed E-state index contributed by atoms with van der Waals surface area (Å²) in [5.74, 6) is 0.930. The molecular formula is C14H18N2O. The van der Waals surface area contributed by atoms with Crippen LogP contribution in [-0.2, 0) is 6.54 Å². The second kappa shape index (κ2) is 5.99. The normalized spacial score (nSPS) is 10.2. The van der Waals surface area contributed by atoms with E-state index in [-0.39, 0.29) is 0 Å². The van der Waals surface area contributed by atoms with Gasteiger partial charge in [0.2, 0.25) is 0 Å². The summed E-state index contributed by atoms with van der Waals surface area (Å²) in [6, 6.07) is 10.1. The van der Waals surface area contributed by atoms with Gasteiger partial charge in [0.25, 0.3) is 0 Å². The van der Waals surface area contributed by atoms with Crippen LogP contribution in [0.4, 0.5) is 5.69 Å². The van der Waals surface area contributed by atoms with Gasteiger partial charge in [-0.3, -0.25) is 0 Å². The molecule has 0 radical (unpaired) electrons. The first kappa shape index (κ1) is 11.6. The van der Waals surface area contributed by atoms with Crippen molar-refractivity contribution >= 4 is 5.69 Å². The zero-order valence-electron chi connectivity index (χ0n) is 10.1. The molecule has 0 unspecified atom stereocenters. The van der Waals surface area contributed by atoms with Gasteiger partial charge < -0.3 is 15.0 Å². The van der Waals surface area contributed by atoms with Crippen LogP contribution < -0.4 is 10.1 Å². The lowest BCUT2D eigenvalue weighted by Crippen LogP contribution is -1.98. The summed E-state index contributed by atoms with van der Waals surface area (Å²) >= 11 is 0. The van der Waals surface area contributed by atoms with Crippen molar-refractivity contribution in [2.75, 3.05) is 11.9 Å². The molecule has 0 saturated carbocycles. The average molecular weight is 230 g/mol. The Labute approximate surface area is 102 Å². The highest BCUT2D eigenvalue weighted by molar-refractivity contribution is 5.46. The summed E-state index contributed by atoms with van der Waals surface area (Å²) in [4.78, 5) is 3.04. The van der Waals surface area contributed by atoms with Crippen LogP contribution in [0.2, 0.25) is 0 Å². The number of ether oxygens (including phenoxy) is 1. The lowest BCUT2D eigenvalue weighted by molar-refractivity contribution is 0.317. The van der Waals surface area contributed by atoms with Crippen molar-refractivity contribution in [3.8, 4) is 5.75 Å². The molecule has 0 atom stereocenters. The van der Waals surface area contributed by atoms with Crippen molar-refractivity contribution in [3.63, 3.8) is 0 Å². The van der Waals surface area contributed by atoms with Crippen molar-refractivity contribution in [3.05, 3.63) is 48.3 Å². The smallest absolute Gasteiger partial charge is 0.119 e. The molecule has 3 heteroatoms. The second-order valence-corrected chi connectivity index (χ2v) is 3.95. The molecule has 0 bridgehead atoms. The molecular weight excluding hydrogens is 212 g/mol. The standard InChI is InChI=1S/C14H18N2O/c1-2-9-17-14-5-3-13(4-6-14)16-11-12-7-8-15-10-12/h3-8,10,15-16H,2,9,11H2,1H3. The summed E-state index contributed by atoms with van der Waals surface area (Å²) in [5, 5.41) is 3.35. The van der Waals surface area contributed by atoms with E-state index < -0.39 is 0 Å². The first-order chi connectivity index (χ1) is 8.38. The summed E-state index contributed by atoms with van der Waals surface area (Å²) < 4.78 is 5.53. The van der Waals surface area contributed by atoms with E-state index in [0.717, 1.165) is 31.0 Å². The van der Waals surface area contributed by atoms with Gasteiger partial charge in [0.15, 0.2) is 0 Å². The van der Waals surface area contributed by atoms with Crippen LogP contribution in [-0.4, -0.2) is 11.6 Å². The maximum atomic E-state index is 5.53. The fraction of sp³-hybridized carbons (Fsp3) is 0.286. The number of aromatic amines is 1. The quantitative estimate of drug-likeness (QED) is 0.798. The highest BCUT2D eigenvalue weighted by Gasteiger charge is 1.96. The van der Waals surface area contributed by atoms with Crippen molar-refractivity contribution in [2.24, 2.45) is 0 Å². The fourth-order valence-corrected chi connectivity index (χ4v) is 1.56.